The van der Waals surface area contributed by atoms with Crippen molar-refractivity contribution in [2.75, 3.05) is 5.32 Å². The third-order valence-corrected chi connectivity index (χ3v) is 5.88. The molecule has 0 bridgehead atoms. The average Bonchev–Trinajstić information content (AvgIpc) is 3.15. The highest BCUT2D eigenvalue weighted by atomic mass is 35.5. The van der Waals surface area contributed by atoms with Gasteiger partial charge in [-0.05, 0) is 42.7 Å². The minimum atomic E-state index is -0.386. The summed E-state index contributed by atoms with van der Waals surface area (Å²) >= 11 is 5.95. The first kappa shape index (κ1) is 24.9. The van der Waals surface area contributed by atoms with Gasteiger partial charge in [-0.3, -0.25) is 19.7 Å². The molecular formula is C25H28ClN5O3. The molecule has 0 spiro atoms. The van der Waals surface area contributed by atoms with Crippen molar-refractivity contribution in [3.63, 3.8) is 0 Å². The van der Waals surface area contributed by atoms with Crippen molar-refractivity contribution in [3.05, 3.63) is 82.7 Å². The topological polar surface area (TPSA) is 117 Å². The van der Waals surface area contributed by atoms with E-state index in [1.54, 1.807) is 18.2 Å². The molecule has 0 fully saturated rings. The third-order valence-electron chi connectivity index (χ3n) is 5.64. The maximum Gasteiger partial charge on any atom is 0.268 e. The molecule has 178 valence electrons. The molecule has 1 aliphatic heterocycles. The van der Waals surface area contributed by atoms with Crippen molar-refractivity contribution in [1.29, 1.82) is 0 Å². The number of imide groups is 1. The Morgan fingerprint density at radius 1 is 1.26 bits per heavy atom. The van der Waals surface area contributed by atoms with Crippen LogP contribution in [-0.4, -0.2) is 29.2 Å². The summed E-state index contributed by atoms with van der Waals surface area (Å²) in [5.41, 5.74) is 10.6. The summed E-state index contributed by atoms with van der Waals surface area (Å²) in [7, 11) is 0. The van der Waals surface area contributed by atoms with Crippen LogP contribution >= 0.6 is 11.6 Å². The molecule has 1 aliphatic rings. The molecule has 0 aliphatic carbocycles. The molecule has 1 unspecified atom stereocenters. The quantitative estimate of drug-likeness (QED) is 0.306. The lowest BCUT2D eigenvalue weighted by Gasteiger charge is -2.27. The smallest absolute Gasteiger partial charge is 0.268 e. The highest BCUT2D eigenvalue weighted by molar-refractivity contribution is 6.30. The van der Waals surface area contributed by atoms with Gasteiger partial charge in [0.05, 0.1) is 0 Å². The fourth-order valence-corrected chi connectivity index (χ4v) is 3.94. The van der Waals surface area contributed by atoms with Gasteiger partial charge in [-0.15, -0.1) is 0 Å². The van der Waals surface area contributed by atoms with Crippen molar-refractivity contribution in [2.45, 2.75) is 38.9 Å². The van der Waals surface area contributed by atoms with Gasteiger partial charge in [-0.25, -0.2) is 0 Å². The number of fused-ring (bicyclic) bond motifs is 1. The Bertz CT molecular complexity index is 1130. The molecule has 34 heavy (non-hydrogen) atoms. The van der Waals surface area contributed by atoms with Gasteiger partial charge in [0, 0.05) is 53.7 Å². The molecule has 0 aromatic heterocycles. The Morgan fingerprint density at radius 3 is 2.79 bits per heavy atom. The first-order valence-corrected chi connectivity index (χ1v) is 11.2. The van der Waals surface area contributed by atoms with E-state index in [0.717, 1.165) is 28.1 Å². The molecule has 0 saturated heterocycles. The third kappa shape index (κ3) is 6.39. The molecule has 3 amide bonds. The maximum atomic E-state index is 12.4. The van der Waals surface area contributed by atoms with Gasteiger partial charge in [0.1, 0.15) is 5.70 Å². The van der Waals surface area contributed by atoms with Crippen LogP contribution in [0.3, 0.4) is 0 Å². The van der Waals surface area contributed by atoms with Crippen molar-refractivity contribution in [2.24, 2.45) is 5.73 Å². The van der Waals surface area contributed by atoms with E-state index < -0.39 is 0 Å². The molecular weight excluding hydrogens is 454 g/mol. The van der Waals surface area contributed by atoms with Crippen LogP contribution in [0.2, 0.25) is 5.02 Å². The Labute approximate surface area is 203 Å². The molecule has 1 atom stereocenters. The number of halogens is 1. The van der Waals surface area contributed by atoms with Crippen LogP contribution in [0.15, 0.2) is 60.9 Å². The second-order valence-electron chi connectivity index (χ2n) is 8.08. The zero-order valence-electron chi connectivity index (χ0n) is 18.9. The maximum absolute atomic E-state index is 12.4. The predicted molar refractivity (Wildman–Crippen MR) is 133 cm³/mol. The number of benzene rings is 2. The summed E-state index contributed by atoms with van der Waals surface area (Å²) < 4.78 is 0. The number of carbonyl (C=O) groups is 3. The minimum absolute atomic E-state index is 0.0492. The van der Waals surface area contributed by atoms with Crippen LogP contribution < -0.4 is 21.7 Å². The molecule has 9 heteroatoms. The molecule has 5 N–H and O–H groups in total. The molecule has 3 rings (SSSR count). The molecule has 0 radical (unpaired) electrons. The van der Waals surface area contributed by atoms with Crippen molar-refractivity contribution in [3.8, 4) is 0 Å². The van der Waals surface area contributed by atoms with Gasteiger partial charge in [0.25, 0.3) is 5.91 Å². The Kier molecular flexibility index (Phi) is 8.32. The van der Waals surface area contributed by atoms with Crippen LogP contribution in [0.25, 0.3) is 5.70 Å². The van der Waals surface area contributed by atoms with E-state index in [2.05, 4.69) is 27.4 Å². The Hall–Kier alpha value is -3.78. The number of nitrogens with zero attached hydrogens (tertiary/aromatic N) is 1. The summed E-state index contributed by atoms with van der Waals surface area (Å²) in [6, 6.07) is 13.2. The van der Waals surface area contributed by atoms with Gasteiger partial charge in [-0.1, -0.05) is 42.4 Å². The highest BCUT2D eigenvalue weighted by Gasteiger charge is 2.26. The van der Waals surface area contributed by atoms with Gasteiger partial charge < -0.3 is 21.3 Å². The zero-order valence-corrected chi connectivity index (χ0v) is 19.7. The van der Waals surface area contributed by atoms with Crippen LogP contribution in [0.4, 0.5) is 5.69 Å². The number of nitrogens with two attached hydrogens (primary N) is 1. The average molecular weight is 482 g/mol. The number of nitrogens with one attached hydrogen (secondary N) is 3. The van der Waals surface area contributed by atoms with Crippen molar-refractivity contribution < 1.29 is 14.4 Å². The molecule has 1 heterocycles. The normalized spacial score (nSPS) is 13.8. The van der Waals surface area contributed by atoms with E-state index in [1.165, 1.54) is 6.20 Å². The first-order chi connectivity index (χ1) is 16.3. The largest absolute Gasteiger partial charge is 0.393 e. The summed E-state index contributed by atoms with van der Waals surface area (Å²) in [4.78, 5) is 36.5. The Balaban J connectivity index is 1.54. The SMILES string of the molecule is C=C1c2ccc(CNC(=O)/C(N)=C/Nc3cccc(Cl)c3)cc2CN1C(C)CCC(=O)NC=O. The molecule has 0 saturated carbocycles. The summed E-state index contributed by atoms with van der Waals surface area (Å²) in [6.45, 7) is 7.22. The van der Waals surface area contributed by atoms with E-state index in [9.17, 15) is 14.4 Å². The minimum Gasteiger partial charge on any atom is -0.393 e. The second kappa shape index (κ2) is 11.4. The predicted octanol–water partition coefficient (Wildman–Crippen LogP) is 3.10. The lowest BCUT2D eigenvalue weighted by molar-refractivity contribution is -0.125. The molecule has 8 nitrogen and oxygen atoms in total. The molecule has 2 aromatic carbocycles. The summed E-state index contributed by atoms with van der Waals surface area (Å²) in [5.74, 6) is -0.679. The fourth-order valence-electron chi connectivity index (χ4n) is 3.75. The highest BCUT2D eigenvalue weighted by Crippen LogP contribution is 2.34. The standard InChI is InChI=1S/C25H28ClN5O3/c1-16(6-9-24(33)30-15-32)31-14-19-10-18(7-8-22(19)17(31)2)12-29-25(34)23(27)13-28-21-5-3-4-20(26)11-21/h3-5,7-8,10-11,13,15-16,28H,2,6,9,12,14,27H2,1H3,(H,29,34)(H,30,32,33)/b23-13-. The van der Waals surface area contributed by atoms with Gasteiger partial charge in [0.15, 0.2) is 0 Å². The lowest BCUT2D eigenvalue weighted by Crippen LogP contribution is -2.29. The lowest BCUT2D eigenvalue weighted by atomic mass is 10.1. The number of anilines is 1. The van der Waals surface area contributed by atoms with Gasteiger partial charge >= 0.3 is 0 Å². The van der Waals surface area contributed by atoms with Crippen molar-refractivity contribution in [1.82, 2.24) is 15.5 Å². The monoisotopic (exact) mass is 481 g/mol. The van der Waals surface area contributed by atoms with E-state index in [-0.39, 0.29) is 30.0 Å². The van der Waals surface area contributed by atoms with E-state index in [4.69, 9.17) is 17.3 Å². The van der Waals surface area contributed by atoms with Crippen LogP contribution in [0, 0.1) is 0 Å². The summed E-state index contributed by atoms with van der Waals surface area (Å²) in [6.07, 6.45) is 2.70. The van der Waals surface area contributed by atoms with E-state index in [0.29, 0.717) is 30.9 Å². The fraction of sp³-hybridized carbons (Fsp3) is 0.240. The first-order valence-electron chi connectivity index (χ1n) is 10.8. The van der Waals surface area contributed by atoms with Gasteiger partial charge in [-0.2, -0.15) is 0 Å². The number of hydrogen-bond donors (Lipinski definition) is 4. The van der Waals surface area contributed by atoms with Crippen LogP contribution in [0.5, 0.6) is 0 Å². The number of amides is 3. The number of carbonyl (C=O) groups excluding carboxylic acids is 3. The number of rotatable bonds is 10. The Morgan fingerprint density at radius 2 is 2.06 bits per heavy atom. The zero-order chi connectivity index (χ0) is 24.7. The second-order valence-corrected chi connectivity index (χ2v) is 8.51. The van der Waals surface area contributed by atoms with Crippen LogP contribution in [0.1, 0.15) is 36.5 Å². The molecule has 2 aromatic rings. The van der Waals surface area contributed by atoms with Gasteiger partial charge in [0.2, 0.25) is 12.3 Å². The van der Waals surface area contributed by atoms with Crippen LogP contribution in [-0.2, 0) is 27.5 Å². The van der Waals surface area contributed by atoms with Crippen molar-refractivity contribution >= 4 is 41.2 Å². The number of hydrogen-bond acceptors (Lipinski definition) is 6. The van der Waals surface area contributed by atoms with E-state index in [1.807, 2.05) is 31.2 Å². The van der Waals surface area contributed by atoms with E-state index >= 15 is 0 Å². The summed E-state index contributed by atoms with van der Waals surface area (Å²) in [5, 5.41) is 8.51.